The number of benzene rings is 1. The summed E-state index contributed by atoms with van der Waals surface area (Å²) in [6, 6.07) is 7.76. The molecule has 1 aliphatic rings. The molecule has 0 bridgehead atoms. The van der Waals surface area contributed by atoms with Crippen LogP contribution in [0.1, 0.15) is 30.1 Å². The number of carbonyl (C=O) groups is 1. The Morgan fingerprint density at radius 3 is 3.06 bits per heavy atom. The van der Waals surface area contributed by atoms with Crippen molar-refractivity contribution in [2.75, 3.05) is 18.9 Å². The summed E-state index contributed by atoms with van der Waals surface area (Å²) < 4.78 is 5.60. The Kier molecular flexibility index (Phi) is 5.08. The number of thioether (sulfide) groups is 1. The van der Waals surface area contributed by atoms with E-state index in [1.165, 1.54) is 0 Å². The highest BCUT2D eigenvalue weighted by Gasteiger charge is 2.17. The van der Waals surface area contributed by atoms with E-state index in [9.17, 15) is 4.79 Å². The first-order valence-electron chi connectivity index (χ1n) is 6.43. The lowest BCUT2D eigenvalue weighted by Gasteiger charge is -2.11. The van der Waals surface area contributed by atoms with Crippen molar-refractivity contribution in [2.45, 2.75) is 30.8 Å². The minimum Gasteiger partial charge on any atom is -0.377 e. The molecule has 1 aromatic rings. The van der Waals surface area contributed by atoms with Gasteiger partial charge in [-0.15, -0.1) is 11.8 Å². The lowest BCUT2D eigenvalue weighted by atomic mass is 10.2. The molecule has 0 aromatic heterocycles. The first kappa shape index (κ1) is 13.4. The number of hydrogen-bond donors (Lipinski definition) is 1. The standard InChI is InChI=1S/C14H19NO2S/c1-2-15-14(16)12-7-3-4-8-13(12)18-10-11-6-5-9-17-11/h3-4,7-8,11H,2,5-6,9-10H2,1H3,(H,15,16). The van der Waals surface area contributed by atoms with Gasteiger partial charge in [0.05, 0.1) is 11.7 Å². The van der Waals surface area contributed by atoms with Gasteiger partial charge in [0.2, 0.25) is 0 Å². The van der Waals surface area contributed by atoms with Crippen LogP contribution in [0.2, 0.25) is 0 Å². The van der Waals surface area contributed by atoms with Gasteiger partial charge in [-0.2, -0.15) is 0 Å². The fourth-order valence-corrected chi connectivity index (χ4v) is 3.11. The summed E-state index contributed by atoms with van der Waals surface area (Å²) in [5.74, 6) is 0.934. The second-order valence-corrected chi connectivity index (χ2v) is 5.36. The van der Waals surface area contributed by atoms with Crippen LogP contribution in [-0.2, 0) is 4.74 Å². The molecule has 1 saturated heterocycles. The van der Waals surface area contributed by atoms with Crippen LogP contribution in [0.5, 0.6) is 0 Å². The highest BCUT2D eigenvalue weighted by molar-refractivity contribution is 7.99. The molecule has 0 radical (unpaired) electrons. The average Bonchev–Trinajstić information content (AvgIpc) is 2.90. The van der Waals surface area contributed by atoms with E-state index in [-0.39, 0.29) is 5.91 Å². The van der Waals surface area contributed by atoms with Crippen molar-refractivity contribution in [1.29, 1.82) is 0 Å². The van der Waals surface area contributed by atoms with E-state index < -0.39 is 0 Å². The predicted octanol–water partition coefficient (Wildman–Crippen LogP) is 2.71. The Hall–Kier alpha value is -1.00. The van der Waals surface area contributed by atoms with Crippen molar-refractivity contribution in [3.05, 3.63) is 29.8 Å². The maximum absolute atomic E-state index is 11.9. The monoisotopic (exact) mass is 265 g/mol. The predicted molar refractivity (Wildman–Crippen MR) is 74.1 cm³/mol. The Morgan fingerprint density at radius 2 is 2.33 bits per heavy atom. The quantitative estimate of drug-likeness (QED) is 0.832. The van der Waals surface area contributed by atoms with Gasteiger partial charge in [-0.1, -0.05) is 12.1 Å². The molecule has 0 aliphatic carbocycles. The van der Waals surface area contributed by atoms with Gasteiger partial charge in [0, 0.05) is 23.8 Å². The molecule has 0 spiro atoms. The topological polar surface area (TPSA) is 38.3 Å². The number of hydrogen-bond acceptors (Lipinski definition) is 3. The van der Waals surface area contributed by atoms with Gasteiger partial charge in [0.25, 0.3) is 5.91 Å². The maximum atomic E-state index is 11.9. The van der Waals surface area contributed by atoms with Gasteiger partial charge >= 0.3 is 0 Å². The Bertz CT molecular complexity index is 403. The van der Waals surface area contributed by atoms with Crippen molar-refractivity contribution < 1.29 is 9.53 Å². The van der Waals surface area contributed by atoms with E-state index in [2.05, 4.69) is 5.32 Å². The largest absolute Gasteiger partial charge is 0.377 e. The van der Waals surface area contributed by atoms with Crippen molar-refractivity contribution in [3.63, 3.8) is 0 Å². The van der Waals surface area contributed by atoms with E-state index >= 15 is 0 Å². The van der Waals surface area contributed by atoms with Crippen LogP contribution in [0, 0.1) is 0 Å². The van der Waals surface area contributed by atoms with E-state index in [1.54, 1.807) is 11.8 Å². The Morgan fingerprint density at radius 1 is 1.50 bits per heavy atom. The molecule has 1 fully saturated rings. The fraction of sp³-hybridized carbons (Fsp3) is 0.500. The molecule has 1 amide bonds. The van der Waals surface area contributed by atoms with Gasteiger partial charge in [0.1, 0.15) is 0 Å². The highest BCUT2D eigenvalue weighted by Crippen LogP contribution is 2.26. The normalized spacial score (nSPS) is 18.8. The van der Waals surface area contributed by atoms with E-state index in [1.807, 2.05) is 31.2 Å². The summed E-state index contributed by atoms with van der Waals surface area (Å²) in [4.78, 5) is 12.9. The summed E-state index contributed by atoms with van der Waals surface area (Å²) in [5, 5.41) is 2.85. The molecule has 1 atom stereocenters. The van der Waals surface area contributed by atoms with Crippen molar-refractivity contribution in [2.24, 2.45) is 0 Å². The fourth-order valence-electron chi connectivity index (χ4n) is 1.99. The molecule has 2 rings (SSSR count). The zero-order valence-corrected chi connectivity index (χ0v) is 11.5. The zero-order chi connectivity index (χ0) is 12.8. The van der Waals surface area contributed by atoms with Crippen LogP contribution >= 0.6 is 11.8 Å². The number of nitrogens with one attached hydrogen (secondary N) is 1. The molecule has 0 saturated carbocycles. The SMILES string of the molecule is CCNC(=O)c1ccccc1SCC1CCCO1. The summed E-state index contributed by atoms with van der Waals surface area (Å²) in [7, 11) is 0. The smallest absolute Gasteiger partial charge is 0.252 e. The zero-order valence-electron chi connectivity index (χ0n) is 10.6. The summed E-state index contributed by atoms with van der Waals surface area (Å²) in [6.07, 6.45) is 2.64. The lowest BCUT2D eigenvalue weighted by molar-refractivity contribution is 0.0952. The first-order chi connectivity index (χ1) is 8.81. The molecule has 1 unspecified atom stereocenters. The second kappa shape index (κ2) is 6.81. The van der Waals surface area contributed by atoms with Crippen molar-refractivity contribution >= 4 is 17.7 Å². The summed E-state index contributed by atoms with van der Waals surface area (Å²) in [6.45, 7) is 3.47. The third-order valence-electron chi connectivity index (χ3n) is 2.92. The maximum Gasteiger partial charge on any atom is 0.252 e. The van der Waals surface area contributed by atoms with Crippen LogP contribution < -0.4 is 5.32 Å². The highest BCUT2D eigenvalue weighted by atomic mass is 32.2. The van der Waals surface area contributed by atoms with Crippen molar-refractivity contribution in [3.8, 4) is 0 Å². The van der Waals surface area contributed by atoms with Gasteiger partial charge < -0.3 is 10.1 Å². The Balaban J connectivity index is 2.00. The minimum absolute atomic E-state index is 0.00735. The van der Waals surface area contributed by atoms with Gasteiger partial charge in [-0.3, -0.25) is 4.79 Å². The molecule has 4 heteroatoms. The molecule has 1 N–H and O–H groups in total. The lowest BCUT2D eigenvalue weighted by Crippen LogP contribution is -2.23. The van der Waals surface area contributed by atoms with Crippen LogP contribution in [0.4, 0.5) is 0 Å². The third-order valence-corrected chi connectivity index (χ3v) is 4.12. The van der Waals surface area contributed by atoms with Gasteiger partial charge in [-0.05, 0) is 31.9 Å². The number of rotatable bonds is 5. The molecular weight excluding hydrogens is 246 g/mol. The number of amides is 1. The third kappa shape index (κ3) is 3.50. The number of ether oxygens (including phenoxy) is 1. The molecule has 1 aliphatic heterocycles. The van der Waals surface area contributed by atoms with Crippen LogP contribution in [0.3, 0.4) is 0 Å². The van der Waals surface area contributed by atoms with Crippen LogP contribution in [0.15, 0.2) is 29.2 Å². The van der Waals surface area contributed by atoms with Crippen molar-refractivity contribution in [1.82, 2.24) is 5.32 Å². The molecule has 1 heterocycles. The molecule has 98 valence electrons. The van der Waals surface area contributed by atoms with Gasteiger partial charge in [0.15, 0.2) is 0 Å². The second-order valence-electron chi connectivity index (χ2n) is 4.30. The first-order valence-corrected chi connectivity index (χ1v) is 7.41. The number of carbonyl (C=O) groups excluding carboxylic acids is 1. The molecule has 1 aromatic carbocycles. The average molecular weight is 265 g/mol. The summed E-state index contributed by atoms with van der Waals surface area (Å²) >= 11 is 1.71. The van der Waals surface area contributed by atoms with E-state index in [4.69, 9.17) is 4.74 Å². The van der Waals surface area contributed by atoms with E-state index in [0.717, 1.165) is 35.7 Å². The van der Waals surface area contributed by atoms with Gasteiger partial charge in [-0.25, -0.2) is 0 Å². The molecular formula is C14H19NO2S. The minimum atomic E-state index is 0.00735. The molecule has 18 heavy (non-hydrogen) atoms. The van der Waals surface area contributed by atoms with E-state index in [0.29, 0.717) is 12.6 Å². The molecule has 3 nitrogen and oxygen atoms in total. The van der Waals surface area contributed by atoms with Crippen LogP contribution in [-0.4, -0.2) is 30.9 Å². The Labute approximate surface area is 112 Å². The van der Waals surface area contributed by atoms with Crippen LogP contribution in [0.25, 0.3) is 0 Å². The summed E-state index contributed by atoms with van der Waals surface area (Å²) in [5.41, 5.74) is 0.766.